The van der Waals surface area contributed by atoms with Crippen molar-refractivity contribution in [3.63, 3.8) is 0 Å². The van der Waals surface area contributed by atoms with Crippen LogP contribution in [0.3, 0.4) is 0 Å². The van der Waals surface area contributed by atoms with Crippen molar-refractivity contribution < 1.29 is 14.3 Å². The first kappa shape index (κ1) is 17.4. The van der Waals surface area contributed by atoms with Gasteiger partial charge in [-0.15, -0.1) is 0 Å². The van der Waals surface area contributed by atoms with Crippen LogP contribution in [0.5, 0.6) is 11.6 Å². The maximum atomic E-state index is 11.7. The van der Waals surface area contributed by atoms with Crippen LogP contribution < -0.4 is 20.7 Å². The molecule has 2 aromatic rings. The number of carbonyl (C=O) groups is 2. The Morgan fingerprint density at radius 2 is 2.23 bits per heavy atom. The lowest BCUT2D eigenvalue weighted by Gasteiger charge is -2.26. The van der Waals surface area contributed by atoms with Crippen molar-refractivity contribution in [2.24, 2.45) is 5.73 Å². The lowest BCUT2D eigenvalue weighted by Crippen LogP contribution is -2.44. The molecule has 0 bridgehead atoms. The molecule has 1 fully saturated rings. The molecular formula is C18H19N5O3. The van der Waals surface area contributed by atoms with Crippen LogP contribution in [-0.2, 0) is 4.79 Å². The summed E-state index contributed by atoms with van der Waals surface area (Å²) in [6.45, 7) is 4.19. The second-order valence-corrected chi connectivity index (χ2v) is 5.74. The van der Waals surface area contributed by atoms with Crippen molar-refractivity contribution in [3.05, 3.63) is 54.9 Å². The average Bonchev–Trinajstić information content (AvgIpc) is 3.10. The number of nitrogens with zero attached hydrogens (tertiary/aromatic N) is 3. The number of ether oxygens (including phenoxy) is 1. The Morgan fingerprint density at radius 1 is 1.38 bits per heavy atom. The fourth-order valence-corrected chi connectivity index (χ4v) is 2.79. The van der Waals surface area contributed by atoms with Crippen molar-refractivity contribution in [2.45, 2.75) is 19.0 Å². The van der Waals surface area contributed by atoms with E-state index in [1.807, 2.05) is 4.90 Å². The molecule has 1 atom stereocenters. The third-order valence-corrected chi connectivity index (χ3v) is 4.00. The molecule has 1 saturated heterocycles. The summed E-state index contributed by atoms with van der Waals surface area (Å²) in [6, 6.07) is 6.68. The predicted molar refractivity (Wildman–Crippen MR) is 95.8 cm³/mol. The van der Waals surface area contributed by atoms with E-state index in [9.17, 15) is 9.59 Å². The molecule has 3 N–H and O–H groups in total. The molecule has 0 spiro atoms. The molecule has 26 heavy (non-hydrogen) atoms. The van der Waals surface area contributed by atoms with Gasteiger partial charge in [0.25, 0.3) is 5.91 Å². The Morgan fingerprint density at radius 3 is 2.92 bits per heavy atom. The van der Waals surface area contributed by atoms with Crippen LogP contribution in [0.4, 0.5) is 5.82 Å². The van der Waals surface area contributed by atoms with Crippen LogP contribution >= 0.6 is 0 Å². The Labute approximate surface area is 150 Å². The summed E-state index contributed by atoms with van der Waals surface area (Å²) in [4.78, 5) is 33.7. The van der Waals surface area contributed by atoms with E-state index in [2.05, 4.69) is 21.9 Å². The van der Waals surface area contributed by atoms with Crippen LogP contribution in [0.1, 0.15) is 23.2 Å². The smallest absolute Gasteiger partial charge is 0.254 e. The van der Waals surface area contributed by atoms with E-state index in [4.69, 9.17) is 10.5 Å². The van der Waals surface area contributed by atoms with Crippen LogP contribution in [-0.4, -0.2) is 34.5 Å². The van der Waals surface area contributed by atoms with E-state index in [1.165, 1.54) is 12.3 Å². The Hall–Kier alpha value is -3.42. The van der Waals surface area contributed by atoms with Gasteiger partial charge < -0.3 is 20.7 Å². The number of carbonyl (C=O) groups excluding carboxylic acids is 2. The number of amides is 2. The van der Waals surface area contributed by atoms with Gasteiger partial charge in [-0.2, -0.15) is 4.98 Å². The standard InChI is InChI=1S/C18H19N5O3/c1-2-16(24)21-14-6-4-10-23(14)15-8-7-13(17(19)25)18(22-15)26-12-5-3-9-20-11-12/h2-3,5,7-9,11,14H,1,4,6,10H2,(H2,19,25)(H,21,24). The van der Waals surface area contributed by atoms with Gasteiger partial charge in [0, 0.05) is 12.7 Å². The summed E-state index contributed by atoms with van der Waals surface area (Å²) in [6.07, 6.45) is 5.86. The molecule has 0 aromatic carbocycles. The van der Waals surface area contributed by atoms with Gasteiger partial charge in [-0.3, -0.25) is 14.6 Å². The minimum Gasteiger partial charge on any atom is -0.436 e. The first-order chi connectivity index (χ1) is 12.6. The van der Waals surface area contributed by atoms with Crippen molar-refractivity contribution in [1.29, 1.82) is 0 Å². The second kappa shape index (κ2) is 7.64. The maximum absolute atomic E-state index is 11.7. The predicted octanol–water partition coefficient (Wildman–Crippen LogP) is 1.60. The quantitative estimate of drug-likeness (QED) is 0.763. The maximum Gasteiger partial charge on any atom is 0.254 e. The largest absolute Gasteiger partial charge is 0.436 e. The molecule has 134 valence electrons. The number of rotatable bonds is 6. The van der Waals surface area contributed by atoms with E-state index in [0.717, 1.165) is 19.4 Å². The zero-order chi connectivity index (χ0) is 18.5. The number of anilines is 1. The minimum absolute atomic E-state index is 0.101. The molecule has 0 radical (unpaired) electrons. The Bertz CT molecular complexity index is 825. The fourth-order valence-electron chi connectivity index (χ4n) is 2.79. The number of hydrogen-bond acceptors (Lipinski definition) is 6. The van der Waals surface area contributed by atoms with E-state index >= 15 is 0 Å². The summed E-state index contributed by atoms with van der Waals surface area (Å²) in [5, 5.41) is 2.87. The number of hydrogen-bond donors (Lipinski definition) is 2. The molecular weight excluding hydrogens is 334 g/mol. The first-order valence-electron chi connectivity index (χ1n) is 8.17. The van der Waals surface area contributed by atoms with Crippen molar-refractivity contribution >= 4 is 17.6 Å². The molecule has 8 heteroatoms. The van der Waals surface area contributed by atoms with Gasteiger partial charge >= 0.3 is 0 Å². The lowest BCUT2D eigenvalue weighted by atomic mass is 10.2. The van der Waals surface area contributed by atoms with Crippen molar-refractivity contribution in [2.75, 3.05) is 11.4 Å². The summed E-state index contributed by atoms with van der Waals surface area (Å²) in [5.74, 6) is 0.241. The minimum atomic E-state index is -0.638. The van der Waals surface area contributed by atoms with E-state index < -0.39 is 5.91 Å². The van der Waals surface area contributed by atoms with Gasteiger partial charge in [0.05, 0.1) is 6.20 Å². The highest BCUT2D eigenvalue weighted by molar-refractivity contribution is 5.95. The van der Waals surface area contributed by atoms with Gasteiger partial charge in [-0.25, -0.2) is 0 Å². The van der Waals surface area contributed by atoms with Gasteiger partial charge in [-0.1, -0.05) is 6.58 Å². The summed E-state index contributed by atoms with van der Waals surface area (Å²) >= 11 is 0. The summed E-state index contributed by atoms with van der Waals surface area (Å²) in [5.41, 5.74) is 5.60. The van der Waals surface area contributed by atoms with Crippen LogP contribution in [0.25, 0.3) is 0 Å². The number of nitrogens with one attached hydrogen (secondary N) is 1. The molecule has 3 rings (SSSR count). The molecule has 1 unspecified atom stereocenters. The van der Waals surface area contributed by atoms with Crippen LogP contribution in [0, 0.1) is 0 Å². The van der Waals surface area contributed by atoms with Gasteiger partial charge in [0.2, 0.25) is 11.8 Å². The lowest BCUT2D eigenvalue weighted by molar-refractivity contribution is -0.117. The first-order valence-corrected chi connectivity index (χ1v) is 8.17. The molecule has 2 amide bonds. The topological polar surface area (TPSA) is 110 Å². The van der Waals surface area contributed by atoms with Gasteiger partial charge in [-0.05, 0) is 43.2 Å². The van der Waals surface area contributed by atoms with E-state index in [1.54, 1.807) is 30.5 Å². The van der Waals surface area contributed by atoms with Crippen LogP contribution in [0.2, 0.25) is 0 Å². The van der Waals surface area contributed by atoms with Gasteiger partial charge in [0.1, 0.15) is 23.3 Å². The number of pyridine rings is 2. The average molecular weight is 353 g/mol. The molecule has 1 aliphatic heterocycles. The highest BCUT2D eigenvalue weighted by atomic mass is 16.5. The van der Waals surface area contributed by atoms with Gasteiger partial charge in [0.15, 0.2) is 0 Å². The summed E-state index contributed by atoms with van der Waals surface area (Å²) in [7, 11) is 0. The molecule has 1 aliphatic rings. The highest BCUT2D eigenvalue weighted by Gasteiger charge is 2.27. The third kappa shape index (κ3) is 3.80. The molecule has 8 nitrogen and oxygen atoms in total. The number of primary amides is 1. The monoisotopic (exact) mass is 353 g/mol. The zero-order valence-corrected chi connectivity index (χ0v) is 14.1. The van der Waals surface area contributed by atoms with Crippen molar-refractivity contribution in [1.82, 2.24) is 15.3 Å². The van der Waals surface area contributed by atoms with Crippen LogP contribution in [0.15, 0.2) is 49.3 Å². The third-order valence-electron chi connectivity index (χ3n) is 4.00. The zero-order valence-electron chi connectivity index (χ0n) is 14.1. The fraction of sp³-hybridized carbons (Fsp3) is 0.222. The normalized spacial score (nSPS) is 16.2. The highest BCUT2D eigenvalue weighted by Crippen LogP contribution is 2.29. The molecule has 2 aromatic heterocycles. The SMILES string of the molecule is C=CC(=O)NC1CCCN1c1ccc(C(N)=O)c(Oc2cccnc2)n1. The van der Waals surface area contributed by atoms with E-state index in [0.29, 0.717) is 11.6 Å². The number of aromatic nitrogens is 2. The summed E-state index contributed by atoms with van der Waals surface area (Å²) < 4.78 is 5.70. The van der Waals surface area contributed by atoms with Crippen molar-refractivity contribution in [3.8, 4) is 11.6 Å². The van der Waals surface area contributed by atoms with E-state index in [-0.39, 0.29) is 23.5 Å². The second-order valence-electron chi connectivity index (χ2n) is 5.74. The Balaban J connectivity index is 1.90. The molecule has 3 heterocycles. The Kier molecular flexibility index (Phi) is 5.12. The molecule has 0 saturated carbocycles. The molecule has 0 aliphatic carbocycles. The number of nitrogens with two attached hydrogens (primary N) is 1.